The third-order valence-electron chi connectivity index (χ3n) is 4.55. The lowest BCUT2D eigenvalue weighted by Gasteiger charge is -2.18. The standard InChI is InChI=1S/C21H22N4O2/c1-26-17-6-8-18(9-7-17)27-13-11-22-20-14-21(24-15-23-20)25-12-10-16-4-2-3-5-19(16)25/h2-9,14-15H,10-13H2,1H3,(H,22,23,24). The second-order valence-electron chi connectivity index (χ2n) is 6.24. The first kappa shape index (κ1) is 17.1. The van der Waals surface area contributed by atoms with E-state index in [4.69, 9.17) is 9.47 Å². The molecule has 3 aromatic rings. The molecule has 6 heteroatoms. The van der Waals surface area contributed by atoms with Crippen LogP contribution in [-0.2, 0) is 6.42 Å². The van der Waals surface area contributed by atoms with Crippen LogP contribution in [0.4, 0.5) is 17.3 Å². The molecule has 27 heavy (non-hydrogen) atoms. The van der Waals surface area contributed by atoms with E-state index in [1.54, 1.807) is 13.4 Å². The molecule has 2 heterocycles. The number of rotatable bonds is 7. The quantitative estimate of drug-likeness (QED) is 0.647. The van der Waals surface area contributed by atoms with Gasteiger partial charge in [0.05, 0.1) is 13.7 Å². The third-order valence-corrected chi connectivity index (χ3v) is 4.55. The third kappa shape index (κ3) is 3.95. The van der Waals surface area contributed by atoms with E-state index in [9.17, 15) is 0 Å². The molecular formula is C21H22N4O2. The molecule has 0 bridgehead atoms. The average molecular weight is 362 g/mol. The summed E-state index contributed by atoms with van der Waals surface area (Å²) in [5, 5.41) is 3.30. The maximum atomic E-state index is 5.73. The lowest BCUT2D eigenvalue weighted by atomic mass is 10.2. The number of nitrogens with one attached hydrogen (secondary N) is 1. The molecule has 0 amide bonds. The first-order chi connectivity index (χ1) is 13.3. The Morgan fingerprint density at radius 3 is 2.70 bits per heavy atom. The van der Waals surface area contributed by atoms with Crippen molar-refractivity contribution in [2.24, 2.45) is 0 Å². The number of hydrogen-bond acceptors (Lipinski definition) is 6. The maximum absolute atomic E-state index is 5.73. The molecule has 6 nitrogen and oxygen atoms in total. The Hall–Kier alpha value is -3.28. The highest BCUT2D eigenvalue weighted by Crippen LogP contribution is 2.33. The van der Waals surface area contributed by atoms with Crippen LogP contribution in [0.1, 0.15) is 5.56 Å². The van der Waals surface area contributed by atoms with Crippen LogP contribution in [0.5, 0.6) is 11.5 Å². The van der Waals surface area contributed by atoms with E-state index in [-0.39, 0.29) is 0 Å². The number of methoxy groups -OCH3 is 1. The van der Waals surface area contributed by atoms with Crippen LogP contribution in [0, 0.1) is 0 Å². The molecule has 1 N–H and O–H groups in total. The van der Waals surface area contributed by atoms with Crippen molar-refractivity contribution in [3.8, 4) is 11.5 Å². The van der Waals surface area contributed by atoms with Gasteiger partial charge in [-0.05, 0) is 42.3 Å². The van der Waals surface area contributed by atoms with Crippen LogP contribution in [-0.4, -0.2) is 36.8 Å². The van der Waals surface area contributed by atoms with Gasteiger partial charge in [0.2, 0.25) is 0 Å². The van der Waals surface area contributed by atoms with Gasteiger partial charge >= 0.3 is 0 Å². The molecule has 0 fully saturated rings. The lowest BCUT2D eigenvalue weighted by Crippen LogP contribution is -2.16. The summed E-state index contributed by atoms with van der Waals surface area (Å²) >= 11 is 0. The van der Waals surface area contributed by atoms with E-state index in [1.807, 2.05) is 30.3 Å². The fourth-order valence-corrected chi connectivity index (χ4v) is 3.19. The zero-order chi connectivity index (χ0) is 18.5. The topological polar surface area (TPSA) is 59.5 Å². The lowest BCUT2D eigenvalue weighted by molar-refractivity contribution is 0.331. The van der Waals surface area contributed by atoms with Gasteiger partial charge in [-0.3, -0.25) is 0 Å². The highest BCUT2D eigenvalue weighted by atomic mass is 16.5. The van der Waals surface area contributed by atoms with E-state index in [2.05, 4.69) is 44.5 Å². The fraction of sp³-hybridized carbons (Fsp3) is 0.238. The van der Waals surface area contributed by atoms with E-state index >= 15 is 0 Å². The number of fused-ring (bicyclic) bond motifs is 1. The van der Waals surface area contributed by atoms with Crippen molar-refractivity contribution < 1.29 is 9.47 Å². The summed E-state index contributed by atoms with van der Waals surface area (Å²) in [6.07, 6.45) is 2.64. The van der Waals surface area contributed by atoms with Gasteiger partial charge in [-0.2, -0.15) is 0 Å². The van der Waals surface area contributed by atoms with Gasteiger partial charge in [0.1, 0.15) is 36.1 Å². The first-order valence-electron chi connectivity index (χ1n) is 9.02. The predicted molar refractivity (Wildman–Crippen MR) is 106 cm³/mol. The number of ether oxygens (including phenoxy) is 2. The van der Waals surface area contributed by atoms with Gasteiger partial charge in [0, 0.05) is 18.3 Å². The Labute approximate surface area is 158 Å². The largest absolute Gasteiger partial charge is 0.497 e. The van der Waals surface area contributed by atoms with E-state index < -0.39 is 0 Å². The van der Waals surface area contributed by atoms with Crippen molar-refractivity contribution in [3.63, 3.8) is 0 Å². The van der Waals surface area contributed by atoms with Gasteiger partial charge in [0.25, 0.3) is 0 Å². The molecule has 0 spiro atoms. The summed E-state index contributed by atoms with van der Waals surface area (Å²) in [7, 11) is 1.65. The van der Waals surface area contributed by atoms with Gasteiger partial charge in [-0.15, -0.1) is 0 Å². The van der Waals surface area contributed by atoms with E-state index in [1.165, 1.54) is 11.3 Å². The number of para-hydroxylation sites is 1. The molecule has 2 aromatic carbocycles. The maximum Gasteiger partial charge on any atom is 0.138 e. The molecule has 0 saturated carbocycles. The molecule has 138 valence electrons. The SMILES string of the molecule is COc1ccc(OCCNc2cc(N3CCc4ccccc43)ncn2)cc1. The zero-order valence-corrected chi connectivity index (χ0v) is 15.3. The molecule has 1 aliphatic rings. The Bertz CT molecular complexity index is 899. The molecule has 1 aromatic heterocycles. The fourth-order valence-electron chi connectivity index (χ4n) is 3.19. The Kier molecular flexibility index (Phi) is 5.05. The van der Waals surface area contributed by atoms with Crippen LogP contribution in [0.15, 0.2) is 60.9 Å². The zero-order valence-electron chi connectivity index (χ0n) is 15.3. The molecule has 0 aliphatic carbocycles. The van der Waals surface area contributed by atoms with Crippen molar-refractivity contribution in [1.82, 2.24) is 9.97 Å². The molecule has 0 radical (unpaired) electrons. The Balaban J connectivity index is 1.33. The summed E-state index contributed by atoms with van der Waals surface area (Å²) < 4.78 is 10.9. The monoisotopic (exact) mass is 362 g/mol. The van der Waals surface area contributed by atoms with E-state index in [0.29, 0.717) is 13.2 Å². The minimum Gasteiger partial charge on any atom is -0.497 e. The van der Waals surface area contributed by atoms with Crippen LogP contribution < -0.4 is 19.7 Å². The van der Waals surface area contributed by atoms with Crippen LogP contribution >= 0.6 is 0 Å². The van der Waals surface area contributed by atoms with Crippen molar-refractivity contribution in [2.45, 2.75) is 6.42 Å². The van der Waals surface area contributed by atoms with Crippen LogP contribution in [0.25, 0.3) is 0 Å². The number of anilines is 3. The molecule has 1 aliphatic heterocycles. The molecule has 0 atom stereocenters. The van der Waals surface area contributed by atoms with Crippen molar-refractivity contribution >= 4 is 17.3 Å². The number of benzene rings is 2. The summed E-state index contributed by atoms with van der Waals surface area (Å²) in [6.45, 7) is 2.13. The van der Waals surface area contributed by atoms with Gasteiger partial charge < -0.3 is 19.7 Å². The number of aromatic nitrogens is 2. The van der Waals surface area contributed by atoms with Crippen molar-refractivity contribution in [3.05, 3.63) is 66.5 Å². The van der Waals surface area contributed by atoms with Crippen LogP contribution in [0.2, 0.25) is 0 Å². The van der Waals surface area contributed by atoms with Gasteiger partial charge in [-0.1, -0.05) is 18.2 Å². The van der Waals surface area contributed by atoms with Gasteiger partial charge in [-0.25, -0.2) is 9.97 Å². The minimum atomic E-state index is 0.540. The summed E-state index contributed by atoms with van der Waals surface area (Å²) in [5.41, 5.74) is 2.59. The van der Waals surface area contributed by atoms with E-state index in [0.717, 1.165) is 36.1 Å². The Morgan fingerprint density at radius 2 is 1.85 bits per heavy atom. The minimum absolute atomic E-state index is 0.540. The normalized spacial score (nSPS) is 12.6. The molecule has 0 saturated heterocycles. The average Bonchev–Trinajstić information content (AvgIpc) is 3.16. The number of hydrogen-bond donors (Lipinski definition) is 1. The van der Waals surface area contributed by atoms with Crippen molar-refractivity contribution in [2.75, 3.05) is 37.0 Å². The number of nitrogens with zero attached hydrogens (tertiary/aromatic N) is 3. The summed E-state index contributed by atoms with van der Waals surface area (Å²) in [4.78, 5) is 11.0. The molecule has 4 rings (SSSR count). The molecule has 0 unspecified atom stereocenters. The first-order valence-corrected chi connectivity index (χ1v) is 9.02. The molecular weight excluding hydrogens is 340 g/mol. The highest BCUT2D eigenvalue weighted by Gasteiger charge is 2.20. The highest BCUT2D eigenvalue weighted by molar-refractivity contribution is 5.68. The predicted octanol–water partition coefficient (Wildman–Crippen LogP) is 3.67. The van der Waals surface area contributed by atoms with Crippen LogP contribution in [0.3, 0.4) is 0 Å². The van der Waals surface area contributed by atoms with Gasteiger partial charge in [0.15, 0.2) is 0 Å². The Morgan fingerprint density at radius 1 is 1.04 bits per heavy atom. The smallest absolute Gasteiger partial charge is 0.138 e. The second-order valence-corrected chi connectivity index (χ2v) is 6.24. The summed E-state index contributed by atoms with van der Waals surface area (Å²) in [6, 6.07) is 18.0. The van der Waals surface area contributed by atoms with Crippen molar-refractivity contribution in [1.29, 1.82) is 0 Å². The second kappa shape index (κ2) is 7.95. The summed E-state index contributed by atoms with van der Waals surface area (Å²) in [5.74, 6) is 3.34.